The molecule has 1 fully saturated rings. The van der Waals surface area contributed by atoms with E-state index in [9.17, 15) is 0 Å². The van der Waals surface area contributed by atoms with Crippen molar-refractivity contribution in [2.24, 2.45) is 5.92 Å². The second kappa shape index (κ2) is 8.04. The van der Waals surface area contributed by atoms with Gasteiger partial charge in [0.15, 0.2) is 0 Å². The second-order valence-electron chi connectivity index (χ2n) is 4.85. The monoisotopic (exact) mass is 229 g/mol. The molecule has 1 unspecified atom stereocenters. The zero-order chi connectivity index (χ0) is 11.8. The average Bonchev–Trinajstić information content (AvgIpc) is 2.35. The maximum absolute atomic E-state index is 5.34. The van der Waals surface area contributed by atoms with Crippen LogP contribution in [0, 0.1) is 5.92 Å². The van der Waals surface area contributed by atoms with E-state index in [1.54, 1.807) is 14.2 Å². The van der Waals surface area contributed by atoms with Crippen LogP contribution in [-0.4, -0.2) is 39.5 Å². The Morgan fingerprint density at radius 1 is 1.19 bits per heavy atom. The number of nitrogens with one attached hydrogen (secondary N) is 1. The summed E-state index contributed by atoms with van der Waals surface area (Å²) in [5.74, 6) is 0.968. The molecule has 0 spiro atoms. The van der Waals surface area contributed by atoms with Crippen molar-refractivity contribution in [2.75, 3.05) is 27.4 Å². The molecule has 0 amide bonds. The highest BCUT2D eigenvalue weighted by Crippen LogP contribution is 2.26. The smallest absolute Gasteiger partial charge is 0.0928 e. The van der Waals surface area contributed by atoms with Crippen LogP contribution in [0.2, 0.25) is 0 Å². The van der Waals surface area contributed by atoms with Gasteiger partial charge in [0.05, 0.1) is 12.7 Å². The van der Waals surface area contributed by atoms with Gasteiger partial charge in [-0.3, -0.25) is 0 Å². The van der Waals surface area contributed by atoms with Crippen LogP contribution in [0.5, 0.6) is 0 Å². The molecule has 0 aromatic carbocycles. The lowest BCUT2D eigenvalue weighted by molar-refractivity contribution is 0.0263. The fourth-order valence-corrected chi connectivity index (χ4v) is 2.47. The Kier molecular flexibility index (Phi) is 7.01. The van der Waals surface area contributed by atoms with Gasteiger partial charge in [-0.1, -0.05) is 13.3 Å². The molecule has 0 bridgehead atoms. The molecule has 1 aliphatic carbocycles. The second-order valence-corrected chi connectivity index (χ2v) is 4.85. The zero-order valence-electron chi connectivity index (χ0n) is 11.0. The molecule has 0 aliphatic heterocycles. The Hall–Kier alpha value is -0.120. The van der Waals surface area contributed by atoms with Gasteiger partial charge in [0.2, 0.25) is 0 Å². The number of methoxy groups -OCH3 is 2. The first-order valence-electron chi connectivity index (χ1n) is 6.55. The molecule has 0 aromatic heterocycles. The third kappa shape index (κ3) is 4.81. The summed E-state index contributed by atoms with van der Waals surface area (Å²) in [6, 6.07) is 0.692. The van der Waals surface area contributed by atoms with Crippen molar-refractivity contribution in [3.8, 4) is 0 Å². The molecule has 1 saturated carbocycles. The van der Waals surface area contributed by atoms with E-state index < -0.39 is 0 Å². The first-order valence-corrected chi connectivity index (χ1v) is 6.55. The van der Waals surface area contributed by atoms with Crippen molar-refractivity contribution in [2.45, 2.75) is 51.2 Å². The summed E-state index contributed by atoms with van der Waals surface area (Å²) in [7, 11) is 3.47. The van der Waals surface area contributed by atoms with Gasteiger partial charge in [-0.15, -0.1) is 0 Å². The summed E-state index contributed by atoms with van der Waals surface area (Å²) in [4.78, 5) is 0. The molecular weight excluding hydrogens is 202 g/mol. The van der Waals surface area contributed by atoms with Crippen LogP contribution >= 0.6 is 0 Å². The van der Waals surface area contributed by atoms with Crippen LogP contribution in [0.1, 0.15) is 39.0 Å². The van der Waals surface area contributed by atoms with E-state index in [2.05, 4.69) is 12.2 Å². The fourth-order valence-electron chi connectivity index (χ4n) is 2.47. The predicted octanol–water partition coefficient (Wildman–Crippen LogP) is 2.21. The standard InChI is InChI=1S/C13H27NO2/c1-4-11-5-7-12(8-6-11)14-9-13(16-3)10-15-2/h11-14H,4-10H2,1-3H3. The fraction of sp³-hybridized carbons (Fsp3) is 1.00. The van der Waals surface area contributed by atoms with Crippen molar-refractivity contribution < 1.29 is 9.47 Å². The highest BCUT2D eigenvalue weighted by Gasteiger charge is 2.20. The Balaban J connectivity index is 2.13. The van der Waals surface area contributed by atoms with Crippen LogP contribution in [0.4, 0.5) is 0 Å². The van der Waals surface area contributed by atoms with E-state index in [-0.39, 0.29) is 6.10 Å². The van der Waals surface area contributed by atoms with E-state index >= 15 is 0 Å². The van der Waals surface area contributed by atoms with Gasteiger partial charge in [0.25, 0.3) is 0 Å². The van der Waals surface area contributed by atoms with E-state index in [1.165, 1.54) is 32.1 Å². The number of hydrogen-bond donors (Lipinski definition) is 1. The molecule has 1 N–H and O–H groups in total. The van der Waals surface area contributed by atoms with Crippen molar-refractivity contribution >= 4 is 0 Å². The summed E-state index contributed by atoms with van der Waals surface area (Å²) >= 11 is 0. The van der Waals surface area contributed by atoms with Gasteiger partial charge in [-0.2, -0.15) is 0 Å². The van der Waals surface area contributed by atoms with Gasteiger partial charge in [0.1, 0.15) is 0 Å². The zero-order valence-corrected chi connectivity index (χ0v) is 11.0. The average molecular weight is 229 g/mol. The molecule has 3 nitrogen and oxygen atoms in total. The minimum absolute atomic E-state index is 0.189. The van der Waals surface area contributed by atoms with Crippen molar-refractivity contribution in [3.63, 3.8) is 0 Å². The Bertz CT molecular complexity index is 167. The molecule has 1 rings (SSSR count). The maximum atomic E-state index is 5.34. The molecule has 1 aliphatic rings. The van der Waals surface area contributed by atoms with Gasteiger partial charge in [-0.25, -0.2) is 0 Å². The predicted molar refractivity (Wildman–Crippen MR) is 66.7 cm³/mol. The van der Waals surface area contributed by atoms with Crippen molar-refractivity contribution in [3.05, 3.63) is 0 Å². The summed E-state index contributed by atoms with van der Waals surface area (Å²) in [6.45, 7) is 3.89. The number of ether oxygens (including phenoxy) is 2. The van der Waals surface area contributed by atoms with Crippen LogP contribution in [0.15, 0.2) is 0 Å². The first kappa shape index (κ1) is 13.9. The lowest BCUT2D eigenvalue weighted by Crippen LogP contribution is -2.40. The van der Waals surface area contributed by atoms with E-state index in [0.717, 1.165) is 12.5 Å². The van der Waals surface area contributed by atoms with Gasteiger partial charge < -0.3 is 14.8 Å². The van der Waals surface area contributed by atoms with Crippen LogP contribution in [-0.2, 0) is 9.47 Å². The number of hydrogen-bond acceptors (Lipinski definition) is 3. The third-order valence-corrected chi connectivity index (χ3v) is 3.74. The topological polar surface area (TPSA) is 30.5 Å². The minimum Gasteiger partial charge on any atom is -0.382 e. The van der Waals surface area contributed by atoms with Crippen LogP contribution < -0.4 is 5.32 Å². The summed E-state index contributed by atoms with van der Waals surface area (Å²) in [5, 5.41) is 3.60. The molecule has 16 heavy (non-hydrogen) atoms. The Labute approximate surface area is 99.9 Å². The van der Waals surface area contributed by atoms with E-state index in [1.807, 2.05) is 0 Å². The SMILES string of the molecule is CCC1CCC(NCC(COC)OC)CC1. The molecule has 3 heteroatoms. The molecule has 0 heterocycles. The van der Waals surface area contributed by atoms with Crippen LogP contribution in [0.25, 0.3) is 0 Å². The highest BCUT2D eigenvalue weighted by atomic mass is 16.5. The van der Waals surface area contributed by atoms with Crippen molar-refractivity contribution in [1.29, 1.82) is 0 Å². The summed E-state index contributed by atoms with van der Waals surface area (Å²) < 4.78 is 10.4. The molecule has 0 aromatic rings. The van der Waals surface area contributed by atoms with E-state index in [0.29, 0.717) is 12.6 Å². The first-order chi connectivity index (χ1) is 7.80. The van der Waals surface area contributed by atoms with E-state index in [4.69, 9.17) is 9.47 Å². The molecule has 1 atom stereocenters. The summed E-state index contributed by atoms with van der Waals surface area (Å²) in [5.41, 5.74) is 0. The lowest BCUT2D eigenvalue weighted by Gasteiger charge is -2.29. The Morgan fingerprint density at radius 3 is 2.38 bits per heavy atom. The van der Waals surface area contributed by atoms with Crippen molar-refractivity contribution in [1.82, 2.24) is 5.32 Å². The molecular formula is C13H27NO2. The molecule has 0 radical (unpaired) electrons. The molecule has 0 saturated heterocycles. The third-order valence-electron chi connectivity index (χ3n) is 3.74. The maximum Gasteiger partial charge on any atom is 0.0928 e. The lowest BCUT2D eigenvalue weighted by atomic mass is 9.84. The van der Waals surface area contributed by atoms with Gasteiger partial charge >= 0.3 is 0 Å². The quantitative estimate of drug-likeness (QED) is 0.726. The van der Waals surface area contributed by atoms with Crippen LogP contribution in [0.3, 0.4) is 0 Å². The molecule has 96 valence electrons. The normalized spacial score (nSPS) is 27.9. The Morgan fingerprint density at radius 2 is 1.88 bits per heavy atom. The summed E-state index contributed by atoms with van der Waals surface area (Å²) in [6.07, 6.45) is 6.95. The van der Waals surface area contributed by atoms with Gasteiger partial charge in [0, 0.05) is 26.8 Å². The number of rotatable bonds is 7. The largest absolute Gasteiger partial charge is 0.382 e. The highest BCUT2D eigenvalue weighted by molar-refractivity contribution is 4.77. The van der Waals surface area contributed by atoms with Gasteiger partial charge in [-0.05, 0) is 31.6 Å². The minimum atomic E-state index is 0.189.